The summed E-state index contributed by atoms with van der Waals surface area (Å²) in [6.45, 7) is 6.22. The second kappa shape index (κ2) is 10.4. The summed E-state index contributed by atoms with van der Waals surface area (Å²) in [5, 5.41) is 10.6. The standard InChI is InChI=1S/C22H26ClF2N3O4/c1-22(2,3)32-21(29)26-8-9-30-10-11-31-17-12-13(24)4-5-14(17)19-15-6-7-16(25)18(15)20(23)28-27-19/h4-5,12,16H,6-11H2,1-3H3,(H,26,29). The smallest absolute Gasteiger partial charge is 0.407 e. The number of benzene rings is 1. The molecule has 0 bridgehead atoms. The molecule has 1 aliphatic rings. The fraction of sp³-hybridized carbons (Fsp3) is 0.500. The Morgan fingerprint density at radius 3 is 2.78 bits per heavy atom. The van der Waals surface area contributed by atoms with Crippen LogP contribution in [0.1, 0.15) is 44.5 Å². The molecule has 0 saturated heterocycles. The first-order valence-electron chi connectivity index (χ1n) is 10.3. The number of nitrogens with one attached hydrogen (secondary N) is 1. The minimum atomic E-state index is -1.20. The van der Waals surface area contributed by atoms with Crippen LogP contribution in [0.25, 0.3) is 11.3 Å². The van der Waals surface area contributed by atoms with E-state index < -0.39 is 23.7 Å². The van der Waals surface area contributed by atoms with Gasteiger partial charge in [0, 0.05) is 23.7 Å². The monoisotopic (exact) mass is 469 g/mol. The Bertz CT molecular complexity index is 969. The number of amides is 1. The molecule has 32 heavy (non-hydrogen) atoms. The van der Waals surface area contributed by atoms with Gasteiger partial charge in [-0.05, 0) is 51.3 Å². The van der Waals surface area contributed by atoms with Crippen LogP contribution in [0.2, 0.25) is 5.15 Å². The van der Waals surface area contributed by atoms with Crippen molar-refractivity contribution in [2.75, 3.05) is 26.4 Å². The number of hydrogen-bond acceptors (Lipinski definition) is 6. The van der Waals surface area contributed by atoms with Gasteiger partial charge in [-0.25, -0.2) is 13.6 Å². The Morgan fingerprint density at radius 2 is 2.03 bits per heavy atom. The quantitative estimate of drug-likeness (QED) is 0.558. The third-order valence-corrected chi connectivity index (χ3v) is 4.91. The van der Waals surface area contributed by atoms with E-state index in [0.29, 0.717) is 35.2 Å². The van der Waals surface area contributed by atoms with Crippen molar-refractivity contribution in [3.05, 3.63) is 40.3 Å². The Hall–Kier alpha value is -2.52. The third-order valence-electron chi connectivity index (χ3n) is 4.63. The summed E-state index contributed by atoms with van der Waals surface area (Å²) in [6, 6.07) is 4.05. The number of carbonyl (C=O) groups excluding carboxylic acids is 1. The highest BCUT2D eigenvalue weighted by atomic mass is 35.5. The lowest BCUT2D eigenvalue weighted by atomic mass is 10.0. The minimum absolute atomic E-state index is 0.0479. The van der Waals surface area contributed by atoms with Gasteiger partial charge in [-0.3, -0.25) is 0 Å². The number of hydrogen-bond donors (Lipinski definition) is 1. The van der Waals surface area contributed by atoms with Crippen LogP contribution in [-0.4, -0.2) is 48.3 Å². The number of alkyl halides is 1. The second-order valence-corrected chi connectivity index (χ2v) is 8.63. The van der Waals surface area contributed by atoms with Crippen LogP contribution in [0.4, 0.5) is 13.6 Å². The van der Waals surface area contributed by atoms with Gasteiger partial charge in [-0.2, -0.15) is 0 Å². The summed E-state index contributed by atoms with van der Waals surface area (Å²) >= 11 is 6.03. The zero-order valence-electron chi connectivity index (χ0n) is 18.2. The lowest BCUT2D eigenvalue weighted by Gasteiger charge is -2.19. The molecule has 1 heterocycles. The number of nitrogens with zero attached hydrogens (tertiary/aromatic N) is 2. The van der Waals surface area contributed by atoms with Gasteiger partial charge < -0.3 is 19.5 Å². The molecule has 1 N–H and O–H groups in total. The van der Waals surface area contributed by atoms with Gasteiger partial charge in [-0.1, -0.05) is 11.6 Å². The molecule has 10 heteroatoms. The molecule has 0 saturated carbocycles. The molecular formula is C22H26ClF2N3O4. The van der Waals surface area contributed by atoms with Gasteiger partial charge in [0.2, 0.25) is 0 Å². The van der Waals surface area contributed by atoms with Crippen LogP contribution in [0.5, 0.6) is 5.75 Å². The lowest BCUT2D eigenvalue weighted by Crippen LogP contribution is -2.34. The maximum Gasteiger partial charge on any atom is 0.407 e. The van der Waals surface area contributed by atoms with Gasteiger partial charge in [0.15, 0.2) is 5.15 Å². The molecule has 1 unspecified atom stereocenters. The number of rotatable bonds is 8. The van der Waals surface area contributed by atoms with E-state index in [1.807, 2.05) is 0 Å². The third kappa shape index (κ3) is 6.26. The van der Waals surface area contributed by atoms with E-state index in [0.717, 1.165) is 0 Å². The summed E-state index contributed by atoms with van der Waals surface area (Å²) in [7, 11) is 0. The molecule has 174 valence electrons. The maximum atomic E-state index is 14.2. The van der Waals surface area contributed by atoms with E-state index in [2.05, 4.69) is 15.5 Å². The summed E-state index contributed by atoms with van der Waals surface area (Å²) in [6.07, 6.45) is -0.947. The second-order valence-electron chi connectivity index (χ2n) is 8.27. The Morgan fingerprint density at radius 1 is 1.25 bits per heavy atom. The fourth-order valence-electron chi connectivity index (χ4n) is 3.33. The average Bonchev–Trinajstić information content (AvgIpc) is 3.09. The first-order valence-corrected chi connectivity index (χ1v) is 10.7. The van der Waals surface area contributed by atoms with Crippen LogP contribution >= 0.6 is 11.6 Å². The zero-order valence-corrected chi connectivity index (χ0v) is 19.0. The summed E-state index contributed by atoms with van der Waals surface area (Å²) < 4.78 is 44.3. The number of carbonyl (C=O) groups is 1. The normalized spacial score (nSPS) is 15.4. The predicted octanol–water partition coefficient (Wildman–Crippen LogP) is 4.81. The first-order chi connectivity index (χ1) is 15.2. The van der Waals surface area contributed by atoms with Crippen LogP contribution in [0.15, 0.2) is 18.2 Å². The summed E-state index contributed by atoms with van der Waals surface area (Å²) in [5.74, 6) is -0.227. The molecule has 7 nitrogen and oxygen atoms in total. The lowest BCUT2D eigenvalue weighted by molar-refractivity contribution is 0.0489. The summed E-state index contributed by atoms with van der Waals surface area (Å²) in [4.78, 5) is 11.6. The van der Waals surface area contributed by atoms with Crippen LogP contribution in [-0.2, 0) is 15.9 Å². The number of fused-ring (bicyclic) bond motifs is 1. The minimum Gasteiger partial charge on any atom is -0.490 e. The molecule has 1 aromatic carbocycles. The molecule has 1 amide bonds. The van der Waals surface area contributed by atoms with Crippen molar-refractivity contribution in [3.63, 3.8) is 0 Å². The van der Waals surface area contributed by atoms with Crippen LogP contribution < -0.4 is 10.1 Å². The van der Waals surface area contributed by atoms with Crippen molar-refractivity contribution in [3.8, 4) is 17.0 Å². The Kier molecular flexibility index (Phi) is 7.84. The highest BCUT2D eigenvalue weighted by molar-refractivity contribution is 6.30. The Balaban J connectivity index is 1.56. The first kappa shape index (κ1) is 24.1. The molecule has 0 aliphatic heterocycles. The van der Waals surface area contributed by atoms with Crippen molar-refractivity contribution in [1.82, 2.24) is 15.5 Å². The predicted molar refractivity (Wildman–Crippen MR) is 115 cm³/mol. The van der Waals surface area contributed by atoms with E-state index >= 15 is 0 Å². The van der Waals surface area contributed by atoms with Gasteiger partial charge in [0.25, 0.3) is 0 Å². The van der Waals surface area contributed by atoms with E-state index in [-0.39, 0.29) is 37.3 Å². The van der Waals surface area contributed by atoms with Crippen LogP contribution in [0, 0.1) is 5.82 Å². The fourth-order valence-corrected chi connectivity index (χ4v) is 3.60. The van der Waals surface area contributed by atoms with E-state index in [9.17, 15) is 13.6 Å². The van der Waals surface area contributed by atoms with E-state index in [1.54, 1.807) is 20.8 Å². The van der Waals surface area contributed by atoms with Crippen molar-refractivity contribution < 1.29 is 27.8 Å². The van der Waals surface area contributed by atoms with Crippen molar-refractivity contribution >= 4 is 17.7 Å². The maximum absolute atomic E-state index is 14.2. The van der Waals surface area contributed by atoms with E-state index in [1.165, 1.54) is 18.2 Å². The molecule has 2 aromatic rings. The molecule has 0 spiro atoms. The largest absolute Gasteiger partial charge is 0.490 e. The molecule has 1 aliphatic carbocycles. The zero-order chi connectivity index (χ0) is 23.3. The topological polar surface area (TPSA) is 82.6 Å². The number of halogens is 3. The van der Waals surface area contributed by atoms with Gasteiger partial charge >= 0.3 is 6.09 Å². The summed E-state index contributed by atoms with van der Waals surface area (Å²) in [5.41, 5.74) is 1.38. The number of aromatic nitrogens is 2. The number of ether oxygens (including phenoxy) is 3. The number of alkyl carbamates (subject to hydrolysis) is 1. The molecule has 3 rings (SSSR count). The van der Waals surface area contributed by atoms with Crippen molar-refractivity contribution in [2.45, 2.75) is 45.4 Å². The highest BCUT2D eigenvalue weighted by Crippen LogP contribution is 2.43. The SMILES string of the molecule is CC(C)(C)OC(=O)NCCOCCOc1cc(F)ccc1-c1nnc(Cl)c2c1CCC2F. The average molecular weight is 470 g/mol. The van der Waals surface area contributed by atoms with Crippen LogP contribution in [0.3, 0.4) is 0 Å². The highest BCUT2D eigenvalue weighted by Gasteiger charge is 2.30. The van der Waals surface area contributed by atoms with Crippen molar-refractivity contribution in [1.29, 1.82) is 0 Å². The van der Waals surface area contributed by atoms with Gasteiger partial charge in [0.05, 0.1) is 13.2 Å². The molecule has 1 atom stereocenters. The molecular weight excluding hydrogens is 444 g/mol. The van der Waals surface area contributed by atoms with Gasteiger partial charge in [-0.15, -0.1) is 10.2 Å². The van der Waals surface area contributed by atoms with E-state index in [4.69, 9.17) is 25.8 Å². The van der Waals surface area contributed by atoms with Gasteiger partial charge in [0.1, 0.15) is 35.6 Å². The Labute approximate surface area is 190 Å². The molecule has 0 fully saturated rings. The molecule has 0 radical (unpaired) electrons. The van der Waals surface area contributed by atoms with Crippen molar-refractivity contribution in [2.24, 2.45) is 0 Å². The molecule has 1 aromatic heterocycles.